The first-order chi connectivity index (χ1) is 13.6. The standard InChI is InChI=1S/C24H44N4/c1-6-10-14-21(8-3)17-27(18-22(9-4)15-11-7-2)19-28-25-23-16-12-13-20(5)24(23)26-28/h12-13,16,21-22,25-26H,6-11,14-15,17-19H2,1-5H3. The quantitative estimate of drug-likeness (QED) is 0.373. The van der Waals surface area contributed by atoms with E-state index in [0.29, 0.717) is 0 Å². The number of unbranched alkanes of at least 4 members (excludes halogenated alkanes) is 2. The molecule has 1 aliphatic rings. The fourth-order valence-electron chi connectivity index (χ4n) is 4.24. The molecule has 4 nitrogen and oxygen atoms in total. The topological polar surface area (TPSA) is 30.5 Å². The summed E-state index contributed by atoms with van der Waals surface area (Å²) >= 11 is 0. The van der Waals surface area contributed by atoms with Crippen molar-refractivity contribution in [2.45, 2.75) is 86.0 Å². The Bertz CT molecular complexity index is 542. The minimum absolute atomic E-state index is 0.801. The zero-order valence-electron chi connectivity index (χ0n) is 19.1. The third-order valence-corrected chi connectivity index (χ3v) is 6.24. The largest absolute Gasteiger partial charge is 0.298 e. The molecule has 1 heterocycles. The predicted octanol–water partition coefficient (Wildman–Crippen LogP) is 6.66. The van der Waals surface area contributed by atoms with Crippen LogP contribution in [-0.2, 0) is 0 Å². The van der Waals surface area contributed by atoms with Crippen molar-refractivity contribution in [1.82, 2.24) is 10.0 Å². The molecular formula is C24H44N4. The van der Waals surface area contributed by atoms with E-state index in [-0.39, 0.29) is 0 Å². The van der Waals surface area contributed by atoms with Gasteiger partial charge in [-0.1, -0.05) is 78.4 Å². The molecule has 28 heavy (non-hydrogen) atoms. The molecule has 0 spiro atoms. The highest BCUT2D eigenvalue weighted by Crippen LogP contribution is 2.31. The number of hydrogen-bond acceptors (Lipinski definition) is 4. The summed E-state index contributed by atoms with van der Waals surface area (Å²) in [6.07, 6.45) is 10.6. The number of anilines is 2. The van der Waals surface area contributed by atoms with Gasteiger partial charge in [-0.05, 0) is 43.2 Å². The monoisotopic (exact) mass is 388 g/mol. The van der Waals surface area contributed by atoms with Crippen molar-refractivity contribution >= 4 is 11.4 Å². The first-order valence-corrected chi connectivity index (χ1v) is 11.7. The number of hydrogen-bond donors (Lipinski definition) is 2. The van der Waals surface area contributed by atoms with Crippen LogP contribution in [0, 0.1) is 18.8 Å². The molecule has 1 aromatic carbocycles. The molecule has 2 rings (SSSR count). The van der Waals surface area contributed by atoms with Gasteiger partial charge in [-0.2, -0.15) is 0 Å². The average Bonchev–Trinajstić information content (AvgIpc) is 3.11. The van der Waals surface area contributed by atoms with Crippen LogP contribution in [0.3, 0.4) is 0 Å². The molecule has 1 aliphatic heterocycles. The molecule has 0 bridgehead atoms. The maximum atomic E-state index is 3.58. The Balaban J connectivity index is 2.01. The second-order valence-corrected chi connectivity index (χ2v) is 8.66. The fraction of sp³-hybridized carbons (Fsp3) is 0.750. The van der Waals surface area contributed by atoms with Crippen LogP contribution in [0.4, 0.5) is 11.4 Å². The molecule has 0 aromatic heterocycles. The van der Waals surface area contributed by atoms with Gasteiger partial charge >= 0.3 is 0 Å². The smallest absolute Gasteiger partial charge is 0.0907 e. The molecule has 0 saturated heterocycles. The normalized spacial score (nSPS) is 15.9. The van der Waals surface area contributed by atoms with E-state index in [4.69, 9.17) is 0 Å². The van der Waals surface area contributed by atoms with E-state index in [1.54, 1.807) is 0 Å². The van der Waals surface area contributed by atoms with Crippen molar-refractivity contribution in [2.75, 3.05) is 30.6 Å². The van der Waals surface area contributed by atoms with Gasteiger partial charge in [0.1, 0.15) is 0 Å². The molecule has 2 atom stereocenters. The molecule has 1 aromatic rings. The number of para-hydroxylation sites is 1. The van der Waals surface area contributed by atoms with Crippen molar-refractivity contribution in [3.05, 3.63) is 23.8 Å². The SMILES string of the molecule is CCCCC(CC)CN(CC(CC)CCCC)CN1Nc2cccc(C)c2N1. The highest BCUT2D eigenvalue weighted by atomic mass is 15.8. The number of benzene rings is 1. The molecule has 0 fully saturated rings. The van der Waals surface area contributed by atoms with E-state index >= 15 is 0 Å². The lowest BCUT2D eigenvalue weighted by atomic mass is 9.96. The molecule has 2 unspecified atom stereocenters. The molecule has 2 N–H and O–H groups in total. The van der Waals surface area contributed by atoms with Gasteiger partial charge in [0.2, 0.25) is 0 Å². The fourth-order valence-corrected chi connectivity index (χ4v) is 4.24. The number of nitrogens with one attached hydrogen (secondary N) is 2. The van der Waals surface area contributed by atoms with E-state index in [2.05, 4.69) is 73.7 Å². The van der Waals surface area contributed by atoms with Crippen LogP contribution in [0.1, 0.15) is 84.6 Å². The molecule has 0 aliphatic carbocycles. The number of fused-ring (bicyclic) bond motifs is 1. The lowest BCUT2D eigenvalue weighted by Gasteiger charge is -2.33. The van der Waals surface area contributed by atoms with E-state index in [1.807, 2.05) is 0 Å². The van der Waals surface area contributed by atoms with Crippen molar-refractivity contribution in [3.63, 3.8) is 0 Å². The second kappa shape index (κ2) is 12.3. The van der Waals surface area contributed by atoms with Crippen molar-refractivity contribution in [1.29, 1.82) is 0 Å². The third-order valence-electron chi connectivity index (χ3n) is 6.24. The number of rotatable bonds is 14. The summed E-state index contributed by atoms with van der Waals surface area (Å²) in [5, 5.41) is 2.18. The first kappa shape index (κ1) is 23.0. The summed E-state index contributed by atoms with van der Waals surface area (Å²) in [6, 6.07) is 6.45. The van der Waals surface area contributed by atoms with Crippen LogP contribution >= 0.6 is 0 Å². The number of nitrogens with zero attached hydrogens (tertiary/aromatic N) is 2. The van der Waals surface area contributed by atoms with Crippen LogP contribution in [-0.4, -0.2) is 29.8 Å². The summed E-state index contributed by atoms with van der Waals surface area (Å²) in [5.74, 6) is 1.60. The highest BCUT2D eigenvalue weighted by molar-refractivity contribution is 5.74. The van der Waals surface area contributed by atoms with Crippen LogP contribution in [0.2, 0.25) is 0 Å². The van der Waals surface area contributed by atoms with Crippen molar-refractivity contribution < 1.29 is 0 Å². The van der Waals surface area contributed by atoms with E-state index in [0.717, 1.165) is 18.5 Å². The van der Waals surface area contributed by atoms with Crippen LogP contribution in [0.5, 0.6) is 0 Å². The van der Waals surface area contributed by atoms with Gasteiger partial charge in [0, 0.05) is 13.1 Å². The number of aryl methyl sites for hydroxylation is 1. The zero-order valence-corrected chi connectivity index (χ0v) is 19.1. The summed E-state index contributed by atoms with van der Waals surface area (Å²) < 4.78 is 0. The van der Waals surface area contributed by atoms with Crippen LogP contribution < -0.4 is 10.9 Å². The summed E-state index contributed by atoms with van der Waals surface area (Å²) in [5.41, 5.74) is 10.8. The van der Waals surface area contributed by atoms with Crippen LogP contribution in [0.25, 0.3) is 0 Å². The average molecular weight is 389 g/mol. The van der Waals surface area contributed by atoms with Crippen molar-refractivity contribution in [2.24, 2.45) is 11.8 Å². The van der Waals surface area contributed by atoms with Crippen LogP contribution in [0.15, 0.2) is 18.2 Å². The summed E-state index contributed by atoms with van der Waals surface area (Å²) in [6.45, 7) is 14.8. The Hall–Kier alpha value is -1.26. The zero-order chi connectivity index (χ0) is 20.4. The Morgan fingerprint density at radius 2 is 1.50 bits per heavy atom. The molecular weight excluding hydrogens is 344 g/mol. The van der Waals surface area contributed by atoms with Gasteiger partial charge in [0.25, 0.3) is 0 Å². The van der Waals surface area contributed by atoms with Gasteiger partial charge < -0.3 is 0 Å². The second-order valence-electron chi connectivity index (χ2n) is 8.66. The minimum atomic E-state index is 0.801. The molecule has 4 heteroatoms. The van der Waals surface area contributed by atoms with Gasteiger partial charge in [-0.15, -0.1) is 5.12 Å². The Kier molecular flexibility index (Phi) is 10.1. The van der Waals surface area contributed by atoms with E-state index < -0.39 is 0 Å². The minimum Gasteiger partial charge on any atom is -0.298 e. The van der Waals surface area contributed by atoms with Gasteiger partial charge in [0.15, 0.2) is 0 Å². The molecule has 160 valence electrons. The maximum absolute atomic E-state index is 3.58. The van der Waals surface area contributed by atoms with Gasteiger partial charge in [0.05, 0.1) is 18.0 Å². The third kappa shape index (κ3) is 6.97. The molecule has 0 radical (unpaired) electrons. The van der Waals surface area contributed by atoms with Gasteiger partial charge in [-0.25, -0.2) is 0 Å². The first-order valence-electron chi connectivity index (χ1n) is 11.7. The Labute approximate surface area is 174 Å². The predicted molar refractivity (Wildman–Crippen MR) is 123 cm³/mol. The van der Waals surface area contributed by atoms with Crippen molar-refractivity contribution in [3.8, 4) is 0 Å². The lowest BCUT2D eigenvalue weighted by molar-refractivity contribution is 0.123. The Morgan fingerprint density at radius 3 is 2.00 bits per heavy atom. The van der Waals surface area contributed by atoms with E-state index in [9.17, 15) is 0 Å². The Morgan fingerprint density at radius 1 is 0.893 bits per heavy atom. The number of hydrazine groups is 2. The van der Waals surface area contributed by atoms with Gasteiger partial charge in [-0.3, -0.25) is 15.8 Å². The summed E-state index contributed by atoms with van der Waals surface area (Å²) in [4.78, 5) is 2.69. The lowest BCUT2D eigenvalue weighted by Crippen LogP contribution is -2.45. The maximum Gasteiger partial charge on any atom is 0.0907 e. The molecule has 0 amide bonds. The molecule has 0 saturated carbocycles. The van der Waals surface area contributed by atoms with E-state index in [1.165, 1.54) is 81.4 Å². The summed E-state index contributed by atoms with van der Waals surface area (Å²) in [7, 11) is 0. The highest BCUT2D eigenvalue weighted by Gasteiger charge is 2.23.